The largest absolute Gasteiger partial charge is 0.336 e. The second-order valence-corrected chi connectivity index (χ2v) is 4.74. The molecule has 0 aromatic carbocycles. The van der Waals surface area contributed by atoms with E-state index >= 15 is 0 Å². The van der Waals surface area contributed by atoms with Crippen LogP contribution in [0.2, 0.25) is 0 Å². The predicted molar refractivity (Wildman–Crippen MR) is 57.4 cm³/mol. The lowest BCUT2D eigenvalue weighted by molar-refractivity contribution is -0.144. The van der Waals surface area contributed by atoms with Gasteiger partial charge in [-0.2, -0.15) is 0 Å². The van der Waals surface area contributed by atoms with Crippen molar-refractivity contribution in [3.63, 3.8) is 0 Å². The number of nitrogens with zero attached hydrogens (tertiary/aromatic N) is 1. The molecule has 2 saturated heterocycles. The molecule has 2 heterocycles. The molecule has 0 saturated carbocycles. The number of hydrogen-bond donors (Lipinski definition) is 0. The Labute approximate surface area is 90.8 Å². The van der Waals surface area contributed by atoms with Crippen molar-refractivity contribution >= 4 is 11.7 Å². The number of Topliss-reactive ketones (excluding diaryl/α,β-unsaturated/α-hetero) is 1. The highest BCUT2D eigenvalue weighted by Gasteiger charge is 2.39. The Hall–Kier alpha value is -0.860. The Bertz CT molecular complexity index is 259. The van der Waals surface area contributed by atoms with E-state index in [1.165, 1.54) is 6.42 Å². The first-order valence-corrected chi connectivity index (χ1v) is 6.05. The van der Waals surface area contributed by atoms with Gasteiger partial charge in [-0.1, -0.05) is 6.92 Å². The molecule has 0 aromatic heterocycles. The summed E-state index contributed by atoms with van der Waals surface area (Å²) in [4.78, 5) is 25.4. The first-order valence-electron chi connectivity index (χ1n) is 6.05. The molecule has 2 rings (SSSR count). The SMILES string of the molecule is CCCC(=O)N1C2CCCC1CC(=O)C2. The highest BCUT2D eigenvalue weighted by Crippen LogP contribution is 2.32. The first-order chi connectivity index (χ1) is 7.22. The molecule has 2 bridgehead atoms. The van der Waals surface area contributed by atoms with Gasteiger partial charge in [0, 0.05) is 31.3 Å². The number of piperidine rings is 2. The van der Waals surface area contributed by atoms with Gasteiger partial charge in [-0.3, -0.25) is 9.59 Å². The number of carbonyl (C=O) groups is 2. The first kappa shape index (κ1) is 10.7. The third kappa shape index (κ3) is 2.06. The van der Waals surface area contributed by atoms with Crippen LogP contribution in [-0.2, 0) is 9.59 Å². The van der Waals surface area contributed by atoms with Gasteiger partial charge in [-0.15, -0.1) is 0 Å². The number of hydrogen-bond acceptors (Lipinski definition) is 2. The summed E-state index contributed by atoms with van der Waals surface area (Å²) in [5.41, 5.74) is 0. The van der Waals surface area contributed by atoms with Crippen molar-refractivity contribution in [3.8, 4) is 0 Å². The average Bonchev–Trinajstić information content (AvgIpc) is 2.16. The van der Waals surface area contributed by atoms with Gasteiger partial charge in [0.05, 0.1) is 0 Å². The van der Waals surface area contributed by atoms with Crippen molar-refractivity contribution < 1.29 is 9.59 Å². The zero-order chi connectivity index (χ0) is 10.8. The summed E-state index contributed by atoms with van der Waals surface area (Å²) >= 11 is 0. The van der Waals surface area contributed by atoms with Gasteiger partial charge in [0.25, 0.3) is 0 Å². The summed E-state index contributed by atoms with van der Waals surface area (Å²) in [5, 5.41) is 0. The van der Waals surface area contributed by atoms with E-state index < -0.39 is 0 Å². The molecular weight excluding hydrogens is 190 g/mol. The number of ketones is 1. The molecule has 0 N–H and O–H groups in total. The minimum Gasteiger partial charge on any atom is -0.336 e. The fourth-order valence-corrected chi connectivity index (χ4v) is 2.93. The van der Waals surface area contributed by atoms with E-state index in [0.717, 1.165) is 19.3 Å². The van der Waals surface area contributed by atoms with E-state index in [4.69, 9.17) is 0 Å². The molecule has 3 nitrogen and oxygen atoms in total. The van der Waals surface area contributed by atoms with E-state index in [-0.39, 0.29) is 18.0 Å². The highest BCUT2D eigenvalue weighted by atomic mass is 16.2. The Morgan fingerprint density at radius 1 is 1.33 bits per heavy atom. The molecule has 3 heteroatoms. The Kier molecular flexibility index (Phi) is 3.08. The van der Waals surface area contributed by atoms with Gasteiger partial charge in [0.15, 0.2) is 0 Å². The van der Waals surface area contributed by atoms with Gasteiger partial charge in [0.1, 0.15) is 5.78 Å². The Morgan fingerprint density at radius 2 is 1.93 bits per heavy atom. The van der Waals surface area contributed by atoms with Gasteiger partial charge in [-0.25, -0.2) is 0 Å². The lowest BCUT2D eigenvalue weighted by Crippen LogP contribution is -2.54. The summed E-state index contributed by atoms with van der Waals surface area (Å²) in [5.74, 6) is 0.616. The van der Waals surface area contributed by atoms with Crippen LogP contribution in [0.15, 0.2) is 0 Å². The van der Waals surface area contributed by atoms with Crippen molar-refractivity contribution in [2.24, 2.45) is 0 Å². The molecule has 0 radical (unpaired) electrons. The molecule has 2 fully saturated rings. The van der Waals surface area contributed by atoms with Crippen molar-refractivity contribution in [2.75, 3.05) is 0 Å². The monoisotopic (exact) mass is 209 g/mol. The maximum Gasteiger partial charge on any atom is 0.223 e. The van der Waals surface area contributed by atoms with Crippen LogP contribution in [0.3, 0.4) is 0 Å². The smallest absolute Gasteiger partial charge is 0.223 e. The van der Waals surface area contributed by atoms with Crippen LogP contribution in [0.1, 0.15) is 51.9 Å². The van der Waals surface area contributed by atoms with E-state index in [9.17, 15) is 9.59 Å². The average molecular weight is 209 g/mol. The lowest BCUT2D eigenvalue weighted by atomic mass is 9.83. The van der Waals surface area contributed by atoms with Crippen molar-refractivity contribution in [1.82, 2.24) is 4.90 Å². The second-order valence-electron chi connectivity index (χ2n) is 4.74. The molecule has 0 spiro atoms. The number of amides is 1. The minimum atomic E-state index is 0.226. The zero-order valence-electron chi connectivity index (χ0n) is 9.37. The molecule has 15 heavy (non-hydrogen) atoms. The summed E-state index contributed by atoms with van der Waals surface area (Å²) in [7, 11) is 0. The quantitative estimate of drug-likeness (QED) is 0.696. The van der Waals surface area contributed by atoms with Gasteiger partial charge in [-0.05, 0) is 25.7 Å². The molecular formula is C12H19NO2. The van der Waals surface area contributed by atoms with Crippen LogP contribution >= 0.6 is 0 Å². The molecule has 0 aliphatic carbocycles. The molecule has 2 aliphatic heterocycles. The summed E-state index contributed by atoms with van der Waals surface area (Å²) < 4.78 is 0. The van der Waals surface area contributed by atoms with Crippen LogP contribution in [-0.4, -0.2) is 28.7 Å². The van der Waals surface area contributed by atoms with Gasteiger partial charge in [0.2, 0.25) is 5.91 Å². The fraction of sp³-hybridized carbons (Fsp3) is 0.833. The standard InChI is InChI=1S/C12H19NO2/c1-2-4-12(15)13-9-5-3-6-10(13)8-11(14)7-9/h9-10H,2-8H2,1H3. The lowest BCUT2D eigenvalue weighted by Gasteiger charge is -2.45. The minimum absolute atomic E-state index is 0.226. The maximum absolute atomic E-state index is 11.9. The third-order valence-corrected chi connectivity index (χ3v) is 3.54. The maximum atomic E-state index is 11.9. The van der Waals surface area contributed by atoms with Crippen LogP contribution in [0.25, 0.3) is 0 Å². The van der Waals surface area contributed by atoms with Crippen molar-refractivity contribution in [1.29, 1.82) is 0 Å². The third-order valence-electron chi connectivity index (χ3n) is 3.54. The van der Waals surface area contributed by atoms with E-state index in [1.54, 1.807) is 0 Å². The fourth-order valence-electron chi connectivity index (χ4n) is 2.93. The van der Waals surface area contributed by atoms with Gasteiger partial charge >= 0.3 is 0 Å². The molecule has 2 aliphatic rings. The number of fused-ring (bicyclic) bond motifs is 2. The predicted octanol–water partition coefficient (Wildman–Crippen LogP) is 1.90. The van der Waals surface area contributed by atoms with Crippen LogP contribution in [0, 0.1) is 0 Å². The summed E-state index contributed by atoms with van der Waals surface area (Å²) in [6.45, 7) is 2.03. The van der Waals surface area contributed by atoms with Crippen LogP contribution in [0.4, 0.5) is 0 Å². The number of rotatable bonds is 2. The van der Waals surface area contributed by atoms with E-state index in [0.29, 0.717) is 25.0 Å². The highest BCUT2D eigenvalue weighted by molar-refractivity contribution is 5.85. The molecule has 2 atom stereocenters. The van der Waals surface area contributed by atoms with E-state index in [1.807, 2.05) is 11.8 Å². The Morgan fingerprint density at radius 3 is 2.47 bits per heavy atom. The number of carbonyl (C=O) groups excluding carboxylic acids is 2. The molecule has 84 valence electrons. The second kappa shape index (κ2) is 4.33. The van der Waals surface area contributed by atoms with Crippen LogP contribution < -0.4 is 0 Å². The Balaban J connectivity index is 2.10. The van der Waals surface area contributed by atoms with E-state index in [2.05, 4.69) is 0 Å². The van der Waals surface area contributed by atoms with Crippen molar-refractivity contribution in [3.05, 3.63) is 0 Å². The molecule has 1 amide bonds. The van der Waals surface area contributed by atoms with Crippen LogP contribution in [0.5, 0.6) is 0 Å². The molecule has 0 aromatic rings. The molecule has 2 unspecified atom stereocenters. The topological polar surface area (TPSA) is 37.4 Å². The summed E-state index contributed by atoms with van der Waals surface area (Å²) in [6, 6.07) is 0.452. The summed E-state index contributed by atoms with van der Waals surface area (Å²) in [6.07, 6.45) is 5.98. The zero-order valence-corrected chi connectivity index (χ0v) is 9.37. The van der Waals surface area contributed by atoms with Crippen molar-refractivity contribution in [2.45, 2.75) is 64.0 Å². The normalized spacial score (nSPS) is 30.5. The van der Waals surface area contributed by atoms with Gasteiger partial charge < -0.3 is 4.90 Å².